The zero-order valence-corrected chi connectivity index (χ0v) is 17.5. The molecule has 0 aliphatic carbocycles. The van der Waals surface area contributed by atoms with Crippen LogP contribution >= 0.6 is 11.6 Å². The molecule has 3 rings (SSSR count). The van der Waals surface area contributed by atoms with E-state index in [2.05, 4.69) is 17.6 Å². The first-order chi connectivity index (χ1) is 14.2. The molecule has 2 aromatic carbocycles. The summed E-state index contributed by atoms with van der Waals surface area (Å²) in [5.74, 6) is -0.142. The predicted octanol–water partition coefficient (Wildman–Crippen LogP) is 4.70. The second-order valence-corrected chi connectivity index (χ2v) is 7.87. The molecule has 30 heavy (non-hydrogen) atoms. The third kappa shape index (κ3) is 5.07. The first kappa shape index (κ1) is 21.6. The molecule has 1 heterocycles. The molecule has 0 bridgehead atoms. The van der Waals surface area contributed by atoms with Gasteiger partial charge >= 0.3 is 0 Å². The second-order valence-electron chi connectivity index (χ2n) is 7.46. The van der Waals surface area contributed by atoms with E-state index in [1.54, 1.807) is 24.3 Å². The van der Waals surface area contributed by atoms with Gasteiger partial charge in [0.15, 0.2) is 0 Å². The fourth-order valence-electron chi connectivity index (χ4n) is 3.42. The van der Waals surface area contributed by atoms with Crippen molar-refractivity contribution in [3.63, 3.8) is 0 Å². The van der Waals surface area contributed by atoms with Gasteiger partial charge in [-0.15, -0.1) is 0 Å². The van der Waals surface area contributed by atoms with Gasteiger partial charge in [-0.1, -0.05) is 18.5 Å². The first-order valence-corrected chi connectivity index (χ1v) is 10.0. The lowest BCUT2D eigenvalue weighted by Crippen LogP contribution is -2.33. The maximum atomic E-state index is 12.7. The van der Waals surface area contributed by atoms with E-state index in [1.807, 2.05) is 4.90 Å². The van der Waals surface area contributed by atoms with Gasteiger partial charge in [0.25, 0.3) is 11.6 Å². The first-order valence-electron chi connectivity index (χ1n) is 9.66. The van der Waals surface area contributed by atoms with Gasteiger partial charge in [0, 0.05) is 37.3 Å². The third-order valence-corrected chi connectivity index (χ3v) is 5.41. The Morgan fingerprint density at radius 3 is 2.43 bits per heavy atom. The molecule has 9 heteroatoms. The number of nitro groups is 1. The van der Waals surface area contributed by atoms with Crippen molar-refractivity contribution in [1.29, 1.82) is 0 Å². The molecule has 0 spiro atoms. The van der Waals surface area contributed by atoms with E-state index >= 15 is 0 Å². The maximum absolute atomic E-state index is 12.7. The maximum Gasteiger partial charge on any atom is 0.293 e. The minimum Gasteiger partial charge on any atom is -0.366 e. The Kier molecular flexibility index (Phi) is 6.56. The van der Waals surface area contributed by atoms with E-state index in [0.717, 1.165) is 25.9 Å². The zero-order valence-electron chi connectivity index (χ0n) is 16.8. The highest BCUT2D eigenvalue weighted by atomic mass is 35.5. The summed E-state index contributed by atoms with van der Waals surface area (Å²) < 4.78 is 0. The van der Waals surface area contributed by atoms with E-state index < -0.39 is 10.8 Å². The minimum absolute atomic E-state index is 0.0932. The molecule has 2 N–H and O–H groups in total. The second kappa shape index (κ2) is 9.13. The van der Waals surface area contributed by atoms with E-state index in [4.69, 9.17) is 11.6 Å². The molecular weight excluding hydrogens is 408 g/mol. The van der Waals surface area contributed by atoms with E-state index in [0.29, 0.717) is 23.0 Å². The van der Waals surface area contributed by atoms with Gasteiger partial charge in [0.2, 0.25) is 5.91 Å². The van der Waals surface area contributed by atoms with E-state index in [-0.39, 0.29) is 22.2 Å². The summed E-state index contributed by atoms with van der Waals surface area (Å²) in [6.07, 6.45) is 1.96. The van der Waals surface area contributed by atoms with Crippen LogP contribution in [0.2, 0.25) is 5.02 Å². The summed E-state index contributed by atoms with van der Waals surface area (Å²) in [5.41, 5.74) is 1.44. The molecular formula is C21H23ClN4O4. The third-order valence-electron chi connectivity index (χ3n) is 5.10. The highest BCUT2D eigenvalue weighted by Crippen LogP contribution is 2.33. The van der Waals surface area contributed by atoms with Crippen molar-refractivity contribution < 1.29 is 14.5 Å². The summed E-state index contributed by atoms with van der Waals surface area (Å²) in [6.45, 7) is 5.06. The molecule has 1 saturated heterocycles. The Labute approximate surface area is 179 Å². The summed E-state index contributed by atoms with van der Waals surface area (Å²) in [7, 11) is 0. The van der Waals surface area contributed by atoms with Crippen molar-refractivity contribution in [1.82, 2.24) is 0 Å². The van der Waals surface area contributed by atoms with Crippen LogP contribution in [-0.4, -0.2) is 29.8 Å². The van der Waals surface area contributed by atoms with Gasteiger partial charge in [-0.05, 0) is 49.1 Å². The highest BCUT2D eigenvalue weighted by molar-refractivity contribution is 6.34. The number of hydrogen-bond acceptors (Lipinski definition) is 5. The highest BCUT2D eigenvalue weighted by Gasteiger charge is 2.25. The summed E-state index contributed by atoms with van der Waals surface area (Å²) in [4.78, 5) is 37.0. The van der Waals surface area contributed by atoms with Crippen molar-refractivity contribution in [3.8, 4) is 0 Å². The van der Waals surface area contributed by atoms with Gasteiger partial charge in [-0.2, -0.15) is 0 Å². The Hall–Kier alpha value is -3.13. The lowest BCUT2D eigenvalue weighted by atomic mass is 9.98. The summed E-state index contributed by atoms with van der Waals surface area (Å²) in [5, 5.41) is 17.1. The Morgan fingerprint density at radius 2 is 1.83 bits per heavy atom. The van der Waals surface area contributed by atoms with Gasteiger partial charge in [-0.3, -0.25) is 19.7 Å². The van der Waals surface area contributed by atoms with E-state index in [9.17, 15) is 19.7 Å². The number of anilines is 3. The van der Waals surface area contributed by atoms with Crippen LogP contribution in [0.25, 0.3) is 0 Å². The standard InChI is InChI=1S/C21H23ClN4O4/c1-13-7-9-25(10-8-13)19-6-3-15(11-20(19)26(29)30)21(28)24-18-5-4-16(12-17(18)22)23-14(2)27/h3-6,11-13H,7-10H2,1-2H3,(H,23,27)(H,24,28). The van der Waals surface area contributed by atoms with Crippen molar-refractivity contribution in [2.24, 2.45) is 5.92 Å². The van der Waals surface area contributed by atoms with Gasteiger partial charge < -0.3 is 15.5 Å². The molecule has 1 aliphatic rings. The number of piperidine rings is 1. The van der Waals surface area contributed by atoms with E-state index in [1.165, 1.54) is 19.1 Å². The lowest BCUT2D eigenvalue weighted by Gasteiger charge is -2.31. The molecule has 158 valence electrons. The number of nitrogens with one attached hydrogen (secondary N) is 2. The average Bonchev–Trinajstić information content (AvgIpc) is 2.69. The molecule has 1 fully saturated rings. The van der Waals surface area contributed by atoms with Gasteiger partial charge in [0.1, 0.15) is 5.69 Å². The number of amides is 2. The average molecular weight is 431 g/mol. The molecule has 0 atom stereocenters. The lowest BCUT2D eigenvalue weighted by molar-refractivity contribution is -0.384. The Balaban J connectivity index is 1.80. The Morgan fingerprint density at radius 1 is 1.13 bits per heavy atom. The molecule has 2 amide bonds. The molecule has 0 saturated carbocycles. The van der Waals surface area contributed by atoms with Crippen molar-refractivity contribution in [2.75, 3.05) is 28.6 Å². The number of nitro benzene ring substituents is 1. The molecule has 2 aromatic rings. The van der Waals surface area contributed by atoms with Crippen LogP contribution in [0.4, 0.5) is 22.7 Å². The van der Waals surface area contributed by atoms with Gasteiger partial charge in [0.05, 0.1) is 15.6 Å². The fraction of sp³-hybridized carbons (Fsp3) is 0.333. The molecule has 1 aliphatic heterocycles. The molecule has 0 unspecified atom stereocenters. The largest absolute Gasteiger partial charge is 0.366 e. The molecule has 8 nitrogen and oxygen atoms in total. The van der Waals surface area contributed by atoms with Crippen LogP contribution < -0.4 is 15.5 Å². The van der Waals surface area contributed by atoms with Crippen LogP contribution in [0.3, 0.4) is 0 Å². The summed E-state index contributed by atoms with van der Waals surface area (Å²) in [6, 6.07) is 9.18. The van der Waals surface area contributed by atoms with Crippen LogP contribution in [0.1, 0.15) is 37.0 Å². The summed E-state index contributed by atoms with van der Waals surface area (Å²) >= 11 is 6.18. The number of rotatable bonds is 5. The number of hydrogen-bond donors (Lipinski definition) is 2. The predicted molar refractivity (Wildman–Crippen MR) is 117 cm³/mol. The quantitative estimate of drug-likeness (QED) is 0.528. The van der Waals surface area contributed by atoms with Gasteiger partial charge in [-0.25, -0.2) is 0 Å². The SMILES string of the molecule is CC(=O)Nc1ccc(NC(=O)c2ccc(N3CCC(C)CC3)c([N+](=O)[O-])c2)c(Cl)c1. The van der Waals surface area contributed by atoms with Crippen molar-refractivity contribution in [3.05, 3.63) is 57.1 Å². The number of carbonyl (C=O) groups is 2. The van der Waals surface area contributed by atoms with Crippen LogP contribution in [0.15, 0.2) is 36.4 Å². The topological polar surface area (TPSA) is 105 Å². The zero-order chi connectivity index (χ0) is 21.8. The number of carbonyl (C=O) groups excluding carboxylic acids is 2. The fourth-order valence-corrected chi connectivity index (χ4v) is 3.65. The molecule has 0 radical (unpaired) electrons. The van der Waals surface area contributed by atoms with Crippen LogP contribution in [0, 0.1) is 16.0 Å². The molecule has 0 aromatic heterocycles. The number of halogens is 1. The van der Waals surface area contributed by atoms with Crippen LogP contribution in [-0.2, 0) is 4.79 Å². The number of nitrogens with zero attached hydrogens (tertiary/aromatic N) is 2. The Bertz CT molecular complexity index is 987. The van der Waals surface area contributed by atoms with Crippen molar-refractivity contribution in [2.45, 2.75) is 26.7 Å². The smallest absolute Gasteiger partial charge is 0.293 e. The monoisotopic (exact) mass is 430 g/mol. The number of benzene rings is 2. The normalized spacial score (nSPS) is 14.3. The van der Waals surface area contributed by atoms with Crippen molar-refractivity contribution >= 4 is 46.2 Å². The van der Waals surface area contributed by atoms with Crippen LogP contribution in [0.5, 0.6) is 0 Å². The minimum atomic E-state index is -0.508.